The molecule has 0 aromatic rings. The molecule has 1 unspecified atom stereocenters. The molecular formula is C9H20N4. The number of hydrogen-bond donors (Lipinski definition) is 3. The maximum absolute atomic E-state index is 5.74. The minimum atomic E-state index is -0.0594. The fourth-order valence-electron chi connectivity index (χ4n) is 1.18. The molecule has 1 rings (SSSR count). The number of rotatable bonds is 3. The lowest BCUT2D eigenvalue weighted by Crippen LogP contribution is -2.57. The van der Waals surface area contributed by atoms with Gasteiger partial charge in [-0.25, -0.2) is 0 Å². The number of hydrogen-bond acceptors (Lipinski definition) is 4. The van der Waals surface area contributed by atoms with E-state index in [0.29, 0.717) is 12.5 Å². The molecule has 76 valence electrons. The second kappa shape index (κ2) is 3.96. The van der Waals surface area contributed by atoms with Crippen LogP contribution in [0.4, 0.5) is 0 Å². The Balaban J connectivity index is 2.57. The van der Waals surface area contributed by atoms with Crippen LogP contribution in [-0.4, -0.2) is 31.1 Å². The SMILES string of the molecule is CC(C)C(C)(CN)NC1=NCCN1. The molecule has 0 saturated carbocycles. The topological polar surface area (TPSA) is 62.4 Å². The van der Waals surface area contributed by atoms with Gasteiger partial charge in [0, 0.05) is 13.1 Å². The summed E-state index contributed by atoms with van der Waals surface area (Å²) in [6, 6.07) is 0. The molecule has 0 amide bonds. The summed E-state index contributed by atoms with van der Waals surface area (Å²) in [4.78, 5) is 4.29. The van der Waals surface area contributed by atoms with Crippen molar-refractivity contribution in [1.82, 2.24) is 10.6 Å². The molecule has 4 N–H and O–H groups in total. The second-order valence-corrected chi connectivity index (χ2v) is 4.06. The van der Waals surface area contributed by atoms with Crippen molar-refractivity contribution in [2.45, 2.75) is 26.3 Å². The molecule has 0 aromatic heterocycles. The first-order valence-electron chi connectivity index (χ1n) is 4.85. The molecule has 1 aliphatic rings. The predicted molar refractivity (Wildman–Crippen MR) is 55.7 cm³/mol. The molecule has 1 aliphatic heterocycles. The number of nitrogens with zero attached hydrogens (tertiary/aromatic N) is 1. The first-order valence-corrected chi connectivity index (χ1v) is 4.85. The van der Waals surface area contributed by atoms with Gasteiger partial charge in [0.2, 0.25) is 0 Å². The lowest BCUT2D eigenvalue weighted by atomic mass is 9.89. The summed E-state index contributed by atoms with van der Waals surface area (Å²) in [5.41, 5.74) is 5.68. The molecule has 0 aromatic carbocycles. The van der Waals surface area contributed by atoms with Gasteiger partial charge in [0.1, 0.15) is 0 Å². The van der Waals surface area contributed by atoms with Gasteiger partial charge < -0.3 is 16.4 Å². The number of guanidine groups is 1. The van der Waals surface area contributed by atoms with Gasteiger partial charge >= 0.3 is 0 Å². The van der Waals surface area contributed by atoms with Crippen LogP contribution in [0.1, 0.15) is 20.8 Å². The van der Waals surface area contributed by atoms with Crippen LogP contribution in [0.15, 0.2) is 4.99 Å². The van der Waals surface area contributed by atoms with Crippen molar-refractivity contribution in [2.75, 3.05) is 19.6 Å². The number of aliphatic imine (C=N–C) groups is 1. The van der Waals surface area contributed by atoms with Crippen LogP contribution in [0, 0.1) is 5.92 Å². The van der Waals surface area contributed by atoms with E-state index < -0.39 is 0 Å². The van der Waals surface area contributed by atoms with E-state index in [4.69, 9.17) is 5.73 Å². The summed E-state index contributed by atoms with van der Waals surface area (Å²) >= 11 is 0. The van der Waals surface area contributed by atoms with E-state index in [0.717, 1.165) is 19.0 Å². The molecule has 0 bridgehead atoms. The Bertz CT molecular complexity index is 200. The average molecular weight is 184 g/mol. The monoisotopic (exact) mass is 184 g/mol. The molecule has 0 spiro atoms. The van der Waals surface area contributed by atoms with E-state index in [2.05, 4.69) is 36.4 Å². The third kappa shape index (κ3) is 2.34. The minimum absolute atomic E-state index is 0.0594. The highest BCUT2D eigenvalue weighted by Crippen LogP contribution is 2.14. The summed E-state index contributed by atoms with van der Waals surface area (Å²) in [5, 5.41) is 6.54. The smallest absolute Gasteiger partial charge is 0.191 e. The summed E-state index contributed by atoms with van der Waals surface area (Å²) in [6.07, 6.45) is 0. The van der Waals surface area contributed by atoms with E-state index in [1.54, 1.807) is 0 Å². The van der Waals surface area contributed by atoms with Crippen LogP contribution in [0.2, 0.25) is 0 Å². The molecule has 13 heavy (non-hydrogen) atoms. The Morgan fingerprint density at radius 1 is 1.69 bits per heavy atom. The summed E-state index contributed by atoms with van der Waals surface area (Å²) in [6.45, 7) is 8.86. The standard InChI is InChI=1S/C9H20N4/c1-7(2)9(3,6-10)13-8-11-4-5-12-8/h7H,4-6,10H2,1-3H3,(H2,11,12,13). The molecule has 0 saturated heterocycles. The van der Waals surface area contributed by atoms with Crippen molar-refractivity contribution < 1.29 is 0 Å². The van der Waals surface area contributed by atoms with Gasteiger partial charge in [0.05, 0.1) is 12.1 Å². The van der Waals surface area contributed by atoms with Crippen LogP contribution >= 0.6 is 0 Å². The first-order chi connectivity index (χ1) is 6.08. The fraction of sp³-hybridized carbons (Fsp3) is 0.889. The predicted octanol–water partition coefficient (Wildman–Crippen LogP) is -0.0914. The summed E-state index contributed by atoms with van der Waals surface area (Å²) in [5.74, 6) is 1.38. The van der Waals surface area contributed by atoms with Crippen LogP contribution < -0.4 is 16.4 Å². The van der Waals surface area contributed by atoms with Crippen LogP contribution in [0.5, 0.6) is 0 Å². The highest BCUT2D eigenvalue weighted by atomic mass is 15.2. The van der Waals surface area contributed by atoms with E-state index in [1.165, 1.54) is 0 Å². The fourth-order valence-corrected chi connectivity index (χ4v) is 1.18. The maximum Gasteiger partial charge on any atom is 0.191 e. The molecular weight excluding hydrogens is 164 g/mol. The molecule has 1 atom stereocenters. The van der Waals surface area contributed by atoms with Crippen LogP contribution in [-0.2, 0) is 0 Å². The van der Waals surface area contributed by atoms with Crippen LogP contribution in [0.3, 0.4) is 0 Å². The highest BCUT2D eigenvalue weighted by molar-refractivity contribution is 5.82. The lowest BCUT2D eigenvalue weighted by molar-refractivity contribution is 0.310. The molecule has 1 heterocycles. The Kier molecular flexibility index (Phi) is 3.14. The van der Waals surface area contributed by atoms with Gasteiger partial charge in [0.15, 0.2) is 5.96 Å². The lowest BCUT2D eigenvalue weighted by Gasteiger charge is -2.34. The van der Waals surface area contributed by atoms with Gasteiger partial charge in [0.25, 0.3) is 0 Å². The van der Waals surface area contributed by atoms with E-state index >= 15 is 0 Å². The second-order valence-electron chi connectivity index (χ2n) is 4.06. The number of nitrogens with two attached hydrogens (primary N) is 1. The van der Waals surface area contributed by atoms with E-state index in [-0.39, 0.29) is 5.54 Å². The third-order valence-electron chi connectivity index (χ3n) is 2.78. The van der Waals surface area contributed by atoms with Crippen molar-refractivity contribution >= 4 is 5.96 Å². The van der Waals surface area contributed by atoms with Crippen molar-refractivity contribution in [2.24, 2.45) is 16.6 Å². The van der Waals surface area contributed by atoms with Crippen molar-refractivity contribution in [1.29, 1.82) is 0 Å². The van der Waals surface area contributed by atoms with Gasteiger partial charge in [-0.1, -0.05) is 13.8 Å². The summed E-state index contributed by atoms with van der Waals surface area (Å²) < 4.78 is 0. The summed E-state index contributed by atoms with van der Waals surface area (Å²) in [7, 11) is 0. The molecule has 0 aliphatic carbocycles. The van der Waals surface area contributed by atoms with Crippen molar-refractivity contribution in [3.05, 3.63) is 0 Å². The number of nitrogens with one attached hydrogen (secondary N) is 2. The molecule has 4 nitrogen and oxygen atoms in total. The largest absolute Gasteiger partial charge is 0.355 e. The molecule has 0 radical (unpaired) electrons. The molecule has 4 heteroatoms. The Morgan fingerprint density at radius 2 is 2.38 bits per heavy atom. The zero-order valence-electron chi connectivity index (χ0n) is 8.72. The van der Waals surface area contributed by atoms with Crippen LogP contribution in [0.25, 0.3) is 0 Å². The minimum Gasteiger partial charge on any atom is -0.355 e. The van der Waals surface area contributed by atoms with Gasteiger partial charge in [-0.05, 0) is 12.8 Å². The van der Waals surface area contributed by atoms with E-state index in [9.17, 15) is 0 Å². The highest BCUT2D eigenvalue weighted by Gasteiger charge is 2.28. The Hall–Kier alpha value is -0.770. The Labute approximate surface area is 80.0 Å². The average Bonchev–Trinajstić information content (AvgIpc) is 2.56. The molecule has 0 fully saturated rings. The first kappa shape index (κ1) is 10.3. The quantitative estimate of drug-likeness (QED) is 0.574. The zero-order valence-corrected chi connectivity index (χ0v) is 8.72. The van der Waals surface area contributed by atoms with Crippen molar-refractivity contribution in [3.63, 3.8) is 0 Å². The van der Waals surface area contributed by atoms with Gasteiger partial charge in [-0.15, -0.1) is 0 Å². The van der Waals surface area contributed by atoms with Gasteiger partial charge in [-0.3, -0.25) is 4.99 Å². The third-order valence-corrected chi connectivity index (χ3v) is 2.78. The normalized spacial score (nSPS) is 20.8. The van der Waals surface area contributed by atoms with Gasteiger partial charge in [-0.2, -0.15) is 0 Å². The maximum atomic E-state index is 5.74. The van der Waals surface area contributed by atoms with E-state index in [1.807, 2.05) is 0 Å². The zero-order chi connectivity index (χ0) is 9.90. The Morgan fingerprint density at radius 3 is 2.77 bits per heavy atom. The van der Waals surface area contributed by atoms with Crippen molar-refractivity contribution in [3.8, 4) is 0 Å².